The van der Waals surface area contributed by atoms with E-state index in [9.17, 15) is 4.79 Å². The van der Waals surface area contributed by atoms with Crippen LogP contribution in [0.15, 0.2) is 24.3 Å². The van der Waals surface area contributed by atoms with Crippen molar-refractivity contribution in [1.82, 2.24) is 0 Å². The smallest absolute Gasteiger partial charge is 0.303 e. The van der Waals surface area contributed by atoms with Crippen LogP contribution in [0.1, 0.15) is 25.3 Å². The molecule has 0 atom stereocenters. The normalized spacial score (nSPS) is 9.93. The second kappa shape index (κ2) is 6.06. The van der Waals surface area contributed by atoms with Crippen molar-refractivity contribution in [1.29, 1.82) is 0 Å². The number of aliphatic carboxylic acids is 1. The minimum atomic E-state index is -0.738. The van der Waals surface area contributed by atoms with Crippen molar-refractivity contribution in [2.75, 3.05) is 11.9 Å². The summed E-state index contributed by atoms with van der Waals surface area (Å²) in [6.45, 7) is 2.83. The largest absolute Gasteiger partial charge is 0.481 e. The maximum absolute atomic E-state index is 10.3. The average Bonchev–Trinajstić information content (AvgIpc) is 2.25. The molecule has 0 fully saturated rings. The zero-order chi connectivity index (χ0) is 11.1. The van der Waals surface area contributed by atoms with Gasteiger partial charge in [0.2, 0.25) is 0 Å². The van der Waals surface area contributed by atoms with Crippen LogP contribution >= 0.6 is 0 Å². The molecule has 0 aliphatic rings. The van der Waals surface area contributed by atoms with Crippen LogP contribution in [-0.4, -0.2) is 17.6 Å². The highest BCUT2D eigenvalue weighted by molar-refractivity contribution is 5.66. The summed E-state index contributed by atoms with van der Waals surface area (Å²) in [6.07, 6.45) is 1.92. The second-order valence-corrected chi connectivity index (χ2v) is 3.47. The topological polar surface area (TPSA) is 49.3 Å². The van der Waals surface area contributed by atoms with Gasteiger partial charge in [0.15, 0.2) is 0 Å². The van der Waals surface area contributed by atoms with Crippen LogP contribution in [0.5, 0.6) is 0 Å². The summed E-state index contributed by atoms with van der Waals surface area (Å²) in [5, 5.41) is 11.6. The molecule has 0 heterocycles. The first-order valence-corrected chi connectivity index (χ1v) is 5.27. The maximum Gasteiger partial charge on any atom is 0.303 e. The zero-order valence-corrected chi connectivity index (χ0v) is 8.99. The molecule has 3 heteroatoms. The van der Waals surface area contributed by atoms with Crippen molar-refractivity contribution >= 4 is 11.7 Å². The number of benzene rings is 1. The molecule has 0 aliphatic heterocycles. The highest BCUT2D eigenvalue weighted by atomic mass is 16.4. The molecule has 1 rings (SSSR count). The molecular formula is C12H17NO2. The molecule has 0 aliphatic carbocycles. The number of carboxylic acids is 1. The molecular weight excluding hydrogens is 190 g/mol. The van der Waals surface area contributed by atoms with E-state index in [1.807, 2.05) is 12.1 Å². The van der Waals surface area contributed by atoms with Crippen LogP contribution in [0, 0.1) is 0 Å². The molecule has 0 saturated carbocycles. The monoisotopic (exact) mass is 207 g/mol. The third-order valence-electron chi connectivity index (χ3n) is 2.26. The van der Waals surface area contributed by atoms with Gasteiger partial charge in [-0.25, -0.2) is 0 Å². The lowest BCUT2D eigenvalue weighted by molar-refractivity contribution is -0.137. The molecule has 1 aromatic carbocycles. The van der Waals surface area contributed by atoms with Gasteiger partial charge < -0.3 is 10.4 Å². The number of nitrogens with one attached hydrogen (secondary N) is 1. The molecule has 2 N–H and O–H groups in total. The van der Waals surface area contributed by atoms with Gasteiger partial charge in [0, 0.05) is 18.7 Å². The summed E-state index contributed by atoms with van der Waals surface area (Å²) in [4.78, 5) is 10.3. The number of carboxylic acid groups (broad SMARTS) is 1. The highest BCUT2D eigenvalue weighted by Crippen LogP contribution is 2.09. The molecule has 0 radical (unpaired) electrons. The number of anilines is 1. The molecule has 1 aromatic rings. The number of aryl methyl sites for hydroxylation is 1. The van der Waals surface area contributed by atoms with Gasteiger partial charge in [-0.15, -0.1) is 0 Å². The third-order valence-corrected chi connectivity index (χ3v) is 2.26. The van der Waals surface area contributed by atoms with Crippen LogP contribution in [0.25, 0.3) is 0 Å². The Labute approximate surface area is 90.1 Å². The molecule has 0 amide bonds. The van der Waals surface area contributed by atoms with Gasteiger partial charge in [0.25, 0.3) is 0 Å². The molecule has 15 heavy (non-hydrogen) atoms. The fourth-order valence-corrected chi connectivity index (χ4v) is 1.33. The first-order valence-electron chi connectivity index (χ1n) is 5.27. The zero-order valence-electron chi connectivity index (χ0n) is 8.99. The van der Waals surface area contributed by atoms with Crippen LogP contribution in [0.4, 0.5) is 5.69 Å². The van der Waals surface area contributed by atoms with Gasteiger partial charge in [-0.05, 0) is 30.5 Å². The van der Waals surface area contributed by atoms with E-state index in [4.69, 9.17) is 5.11 Å². The van der Waals surface area contributed by atoms with Crippen molar-refractivity contribution in [3.63, 3.8) is 0 Å². The highest BCUT2D eigenvalue weighted by Gasteiger charge is 1.96. The van der Waals surface area contributed by atoms with Gasteiger partial charge in [0.1, 0.15) is 0 Å². The first-order chi connectivity index (χ1) is 7.22. The molecule has 82 valence electrons. The Balaban J connectivity index is 2.28. The van der Waals surface area contributed by atoms with E-state index in [-0.39, 0.29) is 6.42 Å². The molecule has 0 saturated heterocycles. The SMILES string of the molecule is CCc1ccc(NCCCC(=O)O)cc1. The Kier molecular flexibility index (Phi) is 4.68. The van der Waals surface area contributed by atoms with Crippen LogP contribution in [0.3, 0.4) is 0 Å². The Morgan fingerprint density at radius 1 is 1.33 bits per heavy atom. The Morgan fingerprint density at radius 3 is 2.53 bits per heavy atom. The number of hydrogen-bond acceptors (Lipinski definition) is 2. The molecule has 0 unspecified atom stereocenters. The fraction of sp³-hybridized carbons (Fsp3) is 0.417. The van der Waals surface area contributed by atoms with Gasteiger partial charge in [-0.1, -0.05) is 19.1 Å². The second-order valence-electron chi connectivity index (χ2n) is 3.47. The minimum Gasteiger partial charge on any atom is -0.481 e. The molecule has 3 nitrogen and oxygen atoms in total. The lowest BCUT2D eigenvalue weighted by Gasteiger charge is -2.05. The van der Waals surface area contributed by atoms with Gasteiger partial charge in [-0.2, -0.15) is 0 Å². The standard InChI is InChI=1S/C12H17NO2/c1-2-10-5-7-11(8-6-10)13-9-3-4-12(14)15/h5-8,13H,2-4,9H2,1H3,(H,14,15). The maximum atomic E-state index is 10.3. The summed E-state index contributed by atoms with van der Waals surface area (Å²) in [5.74, 6) is -0.738. The van der Waals surface area contributed by atoms with Crippen molar-refractivity contribution in [3.05, 3.63) is 29.8 Å². The number of rotatable bonds is 6. The van der Waals surface area contributed by atoms with Crippen LogP contribution in [0.2, 0.25) is 0 Å². The molecule has 0 spiro atoms. The van der Waals surface area contributed by atoms with E-state index in [1.165, 1.54) is 5.56 Å². The predicted molar refractivity (Wildman–Crippen MR) is 61.2 cm³/mol. The summed E-state index contributed by atoms with van der Waals surface area (Å²) in [7, 11) is 0. The van der Waals surface area contributed by atoms with E-state index in [1.54, 1.807) is 0 Å². The predicted octanol–water partition coefficient (Wildman–Crippen LogP) is 2.53. The van der Waals surface area contributed by atoms with E-state index in [2.05, 4.69) is 24.4 Å². The summed E-state index contributed by atoms with van der Waals surface area (Å²) in [6, 6.07) is 8.22. The van der Waals surface area contributed by atoms with E-state index < -0.39 is 5.97 Å². The lowest BCUT2D eigenvalue weighted by atomic mass is 10.1. The number of carbonyl (C=O) groups is 1. The fourth-order valence-electron chi connectivity index (χ4n) is 1.33. The van der Waals surface area contributed by atoms with Gasteiger partial charge >= 0.3 is 5.97 Å². The van der Waals surface area contributed by atoms with E-state index in [0.717, 1.165) is 12.1 Å². The van der Waals surface area contributed by atoms with Crippen molar-refractivity contribution in [2.45, 2.75) is 26.2 Å². The Morgan fingerprint density at radius 2 is 2.00 bits per heavy atom. The minimum absolute atomic E-state index is 0.222. The van der Waals surface area contributed by atoms with Crippen molar-refractivity contribution in [3.8, 4) is 0 Å². The summed E-state index contributed by atoms with van der Waals surface area (Å²) in [5.41, 5.74) is 2.36. The number of hydrogen-bond donors (Lipinski definition) is 2. The molecule has 0 aromatic heterocycles. The van der Waals surface area contributed by atoms with Crippen LogP contribution < -0.4 is 5.32 Å². The van der Waals surface area contributed by atoms with E-state index >= 15 is 0 Å². The van der Waals surface area contributed by atoms with Crippen LogP contribution in [-0.2, 0) is 11.2 Å². The Bertz CT molecular complexity index is 306. The quantitative estimate of drug-likeness (QED) is 0.705. The first kappa shape index (κ1) is 11.6. The Hall–Kier alpha value is -1.51. The third kappa shape index (κ3) is 4.49. The summed E-state index contributed by atoms with van der Waals surface area (Å²) < 4.78 is 0. The lowest BCUT2D eigenvalue weighted by Crippen LogP contribution is -2.04. The van der Waals surface area contributed by atoms with Gasteiger partial charge in [0.05, 0.1) is 0 Å². The van der Waals surface area contributed by atoms with Crippen molar-refractivity contribution in [2.24, 2.45) is 0 Å². The van der Waals surface area contributed by atoms with E-state index in [0.29, 0.717) is 13.0 Å². The van der Waals surface area contributed by atoms with Gasteiger partial charge in [-0.3, -0.25) is 4.79 Å². The van der Waals surface area contributed by atoms with Crippen molar-refractivity contribution < 1.29 is 9.90 Å². The summed E-state index contributed by atoms with van der Waals surface area (Å²) >= 11 is 0. The average molecular weight is 207 g/mol. The molecule has 0 bridgehead atoms.